The van der Waals surface area contributed by atoms with Gasteiger partial charge in [-0.3, -0.25) is 9.78 Å². The summed E-state index contributed by atoms with van der Waals surface area (Å²) in [6.07, 6.45) is 0.453. The van der Waals surface area contributed by atoms with Gasteiger partial charge in [0.25, 0.3) is 5.56 Å². The summed E-state index contributed by atoms with van der Waals surface area (Å²) < 4.78 is 0. The number of nitrogens with zero attached hydrogens (tertiary/aromatic N) is 2. The lowest BCUT2D eigenvalue weighted by molar-refractivity contribution is 0.219. The first-order chi connectivity index (χ1) is 9.51. The maximum Gasteiger partial charge on any atom is 0.312 e. The molecule has 110 valence electrons. The Kier molecular flexibility index (Phi) is 3.94. The lowest BCUT2D eigenvalue weighted by Gasteiger charge is -2.20. The summed E-state index contributed by atoms with van der Waals surface area (Å²) in [4.78, 5) is 30.7. The Morgan fingerprint density at radius 3 is 3.00 bits per heavy atom. The van der Waals surface area contributed by atoms with E-state index in [9.17, 15) is 9.59 Å². The number of H-pyrrole nitrogens is 1. The van der Waals surface area contributed by atoms with Gasteiger partial charge in [-0.2, -0.15) is 4.98 Å². The number of fused-ring (bicyclic) bond motifs is 1. The summed E-state index contributed by atoms with van der Waals surface area (Å²) in [5.74, 6) is 0.499. The van der Waals surface area contributed by atoms with E-state index in [1.165, 1.54) is 0 Å². The van der Waals surface area contributed by atoms with Crippen LogP contribution in [0, 0.1) is 0 Å². The van der Waals surface area contributed by atoms with E-state index >= 15 is 0 Å². The van der Waals surface area contributed by atoms with Gasteiger partial charge in [-0.1, -0.05) is 0 Å². The molecule has 0 bridgehead atoms. The van der Waals surface area contributed by atoms with Gasteiger partial charge in [0.05, 0.1) is 19.3 Å². The van der Waals surface area contributed by atoms with Gasteiger partial charge in [-0.25, -0.2) is 4.79 Å². The Labute approximate surface area is 114 Å². The third-order valence-electron chi connectivity index (χ3n) is 2.98. The van der Waals surface area contributed by atoms with Crippen LogP contribution >= 0.6 is 0 Å². The predicted molar refractivity (Wildman–Crippen MR) is 73.3 cm³/mol. The molecule has 0 aromatic carbocycles. The van der Waals surface area contributed by atoms with Gasteiger partial charge in [0.1, 0.15) is 5.69 Å². The second-order valence-corrected chi connectivity index (χ2v) is 4.42. The summed E-state index contributed by atoms with van der Waals surface area (Å²) in [6.45, 7) is 0.660. The topological polar surface area (TPSA) is 162 Å². The zero-order valence-corrected chi connectivity index (χ0v) is 10.7. The molecule has 1 atom stereocenters. The number of nitrogens with two attached hydrogens (primary N) is 2. The van der Waals surface area contributed by atoms with E-state index in [4.69, 9.17) is 16.6 Å². The van der Waals surface area contributed by atoms with Crippen molar-refractivity contribution in [1.29, 1.82) is 0 Å². The fourth-order valence-electron chi connectivity index (χ4n) is 2.02. The van der Waals surface area contributed by atoms with Crippen LogP contribution in [0.5, 0.6) is 0 Å². The minimum absolute atomic E-state index is 0.0384. The van der Waals surface area contributed by atoms with Gasteiger partial charge in [0.2, 0.25) is 5.95 Å². The van der Waals surface area contributed by atoms with Gasteiger partial charge in [0.15, 0.2) is 5.82 Å². The number of aromatic nitrogens is 2. The van der Waals surface area contributed by atoms with Crippen LogP contribution in [0.4, 0.5) is 22.2 Å². The second-order valence-electron chi connectivity index (χ2n) is 4.42. The molecule has 0 saturated heterocycles. The summed E-state index contributed by atoms with van der Waals surface area (Å²) in [5.41, 5.74) is 10.5. The van der Waals surface area contributed by atoms with Crippen LogP contribution in [-0.4, -0.2) is 47.0 Å². The normalized spacial score (nSPS) is 14.6. The van der Waals surface area contributed by atoms with Gasteiger partial charge in [-0.05, 0) is 6.42 Å². The number of aliphatic hydroxyl groups excluding tert-OH is 1. The monoisotopic (exact) mass is 283 g/mol. The van der Waals surface area contributed by atoms with Gasteiger partial charge in [0, 0.05) is 6.54 Å². The highest BCUT2D eigenvalue weighted by Gasteiger charge is 2.24. The molecule has 2 heterocycles. The molecule has 1 aliphatic heterocycles. The number of carbonyl (C=O) groups is 1. The quantitative estimate of drug-likeness (QED) is 0.362. The zero-order chi connectivity index (χ0) is 14.7. The van der Waals surface area contributed by atoms with Gasteiger partial charge in [-0.15, -0.1) is 0 Å². The van der Waals surface area contributed by atoms with Crippen molar-refractivity contribution in [2.45, 2.75) is 12.5 Å². The Hall–Kier alpha value is -2.49. The Bertz CT molecular complexity index is 558. The average molecular weight is 283 g/mol. The maximum absolute atomic E-state index is 11.6. The van der Waals surface area contributed by atoms with Crippen LogP contribution < -0.4 is 32.6 Å². The third-order valence-corrected chi connectivity index (χ3v) is 2.98. The minimum Gasteiger partial charge on any atom is -0.394 e. The fourth-order valence-corrected chi connectivity index (χ4v) is 2.02. The number of urea groups is 1. The lowest BCUT2D eigenvalue weighted by Crippen LogP contribution is -2.43. The number of aliphatic hydroxyl groups is 1. The smallest absolute Gasteiger partial charge is 0.312 e. The van der Waals surface area contributed by atoms with Crippen molar-refractivity contribution < 1.29 is 9.90 Å². The largest absolute Gasteiger partial charge is 0.394 e. The molecule has 10 nitrogen and oxygen atoms in total. The molecule has 1 aromatic rings. The molecule has 0 saturated carbocycles. The van der Waals surface area contributed by atoms with Crippen LogP contribution in [0.1, 0.15) is 6.42 Å². The number of hydrogen-bond donors (Lipinski definition) is 6. The number of aromatic amines is 1. The molecule has 20 heavy (non-hydrogen) atoms. The minimum atomic E-state index is -0.692. The summed E-state index contributed by atoms with van der Waals surface area (Å²) in [7, 11) is 0. The van der Waals surface area contributed by atoms with Crippen molar-refractivity contribution in [1.82, 2.24) is 15.3 Å². The number of hydrogen-bond acceptors (Lipinski definition) is 7. The van der Waals surface area contributed by atoms with E-state index in [1.54, 1.807) is 4.90 Å². The molecule has 0 aliphatic carbocycles. The number of anilines is 3. The summed E-state index contributed by atoms with van der Waals surface area (Å²) in [6, 6.07) is -1.14. The molecule has 1 aromatic heterocycles. The molecule has 8 N–H and O–H groups in total. The van der Waals surface area contributed by atoms with Crippen molar-refractivity contribution >= 4 is 23.5 Å². The number of nitrogen functional groups attached to an aromatic ring is 1. The molecular formula is C10H17N7O3. The average Bonchev–Trinajstić information content (AvgIpc) is 2.77. The molecule has 1 unspecified atom stereocenters. The van der Waals surface area contributed by atoms with Crippen LogP contribution in [-0.2, 0) is 0 Å². The lowest BCUT2D eigenvalue weighted by atomic mass is 10.2. The van der Waals surface area contributed by atoms with Crippen LogP contribution in [0.25, 0.3) is 0 Å². The van der Waals surface area contributed by atoms with E-state index in [2.05, 4.69) is 20.6 Å². The predicted octanol–water partition coefficient (Wildman–Crippen LogP) is -2.04. The third kappa shape index (κ3) is 2.91. The number of amides is 2. The summed E-state index contributed by atoms with van der Waals surface area (Å²) >= 11 is 0. The van der Waals surface area contributed by atoms with E-state index in [0.717, 1.165) is 0 Å². The van der Waals surface area contributed by atoms with Crippen molar-refractivity contribution in [3.63, 3.8) is 0 Å². The highest BCUT2D eigenvalue weighted by atomic mass is 16.3. The first-order valence-electron chi connectivity index (χ1n) is 6.06. The Balaban J connectivity index is 2.04. The first kappa shape index (κ1) is 13.9. The van der Waals surface area contributed by atoms with Crippen molar-refractivity contribution in [3.05, 3.63) is 10.4 Å². The van der Waals surface area contributed by atoms with Gasteiger partial charge >= 0.3 is 6.03 Å². The fraction of sp³-hybridized carbons (Fsp3) is 0.500. The maximum atomic E-state index is 11.6. The molecule has 0 fully saturated rings. The SMILES string of the molecule is NC(=O)NC(CO)CCN1CNc2c1nc(N)[nH]c2=O. The highest BCUT2D eigenvalue weighted by Crippen LogP contribution is 2.25. The van der Waals surface area contributed by atoms with E-state index in [1.807, 2.05) is 0 Å². The molecular weight excluding hydrogens is 266 g/mol. The Morgan fingerprint density at radius 1 is 1.60 bits per heavy atom. The molecule has 1 aliphatic rings. The van der Waals surface area contributed by atoms with Crippen molar-refractivity contribution in [2.75, 3.05) is 35.8 Å². The van der Waals surface area contributed by atoms with Crippen molar-refractivity contribution in [2.24, 2.45) is 5.73 Å². The Morgan fingerprint density at radius 2 is 2.35 bits per heavy atom. The first-order valence-corrected chi connectivity index (χ1v) is 6.06. The van der Waals surface area contributed by atoms with E-state index < -0.39 is 12.1 Å². The number of nitrogens with one attached hydrogen (secondary N) is 3. The van der Waals surface area contributed by atoms with Crippen LogP contribution in [0.2, 0.25) is 0 Å². The zero-order valence-electron chi connectivity index (χ0n) is 10.7. The summed E-state index contributed by atoms with van der Waals surface area (Å²) in [5, 5.41) is 14.5. The van der Waals surface area contributed by atoms with E-state index in [-0.39, 0.29) is 18.1 Å². The molecule has 2 rings (SSSR count). The van der Waals surface area contributed by atoms with E-state index in [0.29, 0.717) is 31.1 Å². The highest BCUT2D eigenvalue weighted by molar-refractivity contribution is 5.72. The molecule has 2 amide bonds. The number of primary amides is 1. The number of carbonyl (C=O) groups excluding carboxylic acids is 1. The van der Waals surface area contributed by atoms with Crippen LogP contribution in [0.3, 0.4) is 0 Å². The molecule has 0 radical (unpaired) electrons. The molecule has 0 spiro atoms. The van der Waals surface area contributed by atoms with Gasteiger partial charge < -0.3 is 32.1 Å². The second kappa shape index (κ2) is 5.65. The van der Waals surface area contributed by atoms with Crippen LogP contribution in [0.15, 0.2) is 4.79 Å². The molecule has 10 heteroatoms. The standard InChI is InChI=1S/C10H17N7O3/c11-9-15-7-6(8(19)16-9)13-4-17(7)2-1-5(3-18)14-10(12)20/h5,13,18H,1-4H2,(H3,12,14,20)(H3,11,15,16,19). The number of rotatable bonds is 5. The van der Waals surface area contributed by atoms with Crippen molar-refractivity contribution in [3.8, 4) is 0 Å².